The first-order valence-electron chi connectivity index (χ1n) is 18.0. The number of nitrogens with zero attached hydrogens (tertiary/aromatic N) is 1. The van der Waals surface area contributed by atoms with Crippen molar-refractivity contribution in [1.29, 1.82) is 0 Å². The molecule has 0 aliphatic carbocycles. The number of pyridine rings is 1. The molecule has 0 saturated heterocycles. The number of hydrogen-bond donors (Lipinski definition) is 0. The molecule has 0 aromatic carbocycles. The van der Waals surface area contributed by atoms with Crippen LogP contribution in [-0.2, 0) is 23.8 Å². The molecule has 0 N–H and O–H groups in total. The average molecular weight is 618 g/mol. The second-order valence-electron chi connectivity index (χ2n) is 12.2. The molecule has 0 saturated carbocycles. The van der Waals surface area contributed by atoms with Gasteiger partial charge in [0.05, 0.1) is 5.56 Å². The maximum absolute atomic E-state index is 12.5. The van der Waals surface area contributed by atoms with E-state index in [2.05, 4.69) is 18.8 Å². The molecule has 0 fully saturated rings. The summed E-state index contributed by atoms with van der Waals surface area (Å²) in [4.78, 5) is 41.2. The first-order valence-corrected chi connectivity index (χ1v) is 18.0. The van der Waals surface area contributed by atoms with Gasteiger partial charge in [0.1, 0.15) is 13.2 Å². The van der Waals surface area contributed by atoms with Gasteiger partial charge < -0.3 is 14.2 Å². The summed E-state index contributed by atoms with van der Waals surface area (Å²) >= 11 is 0. The van der Waals surface area contributed by atoms with Gasteiger partial charge in [0.25, 0.3) is 0 Å². The van der Waals surface area contributed by atoms with Crippen LogP contribution in [0.25, 0.3) is 0 Å². The van der Waals surface area contributed by atoms with E-state index in [4.69, 9.17) is 14.2 Å². The van der Waals surface area contributed by atoms with Crippen molar-refractivity contribution in [3.8, 4) is 0 Å². The highest BCUT2D eigenvalue weighted by Gasteiger charge is 2.20. The van der Waals surface area contributed by atoms with E-state index in [1.807, 2.05) is 0 Å². The van der Waals surface area contributed by atoms with Crippen LogP contribution in [0.4, 0.5) is 0 Å². The Hall–Kier alpha value is -2.44. The topological polar surface area (TPSA) is 91.8 Å². The van der Waals surface area contributed by atoms with Gasteiger partial charge in [-0.05, 0) is 25.0 Å². The second-order valence-corrected chi connectivity index (χ2v) is 12.2. The molecule has 0 radical (unpaired) electrons. The minimum atomic E-state index is -0.836. The number of carbonyl (C=O) groups excluding carboxylic acids is 3. The van der Waals surface area contributed by atoms with Crippen molar-refractivity contribution in [1.82, 2.24) is 4.98 Å². The summed E-state index contributed by atoms with van der Waals surface area (Å²) < 4.78 is 16.4. The van der Waals surface area contributed by atoms with Gasteiger partial charge in [0.15, 0.2) is 6.10 Å². The standard InChI is InChI=1S/C37H63NO6/c1-3-5-7-9-11-13-15-17-19-21-23-27-35(39)42-31-34(32-43-37(41)33-26-25-29-38-30-33)44-36(40)28-24-22-20-18-16-14-12-10-8-6-4-2/h25-26,29-30,34H,3-24,27-28,31-32H2,1-2H3. The number of hydrogen-bond acceptors (Lipinski definition) is 7. The van der Waals surface area contributed by atoms with Gasteiger partial charge in [-0.25, -0.2) is 4.79 Å². The quantitative estimate of drug-likeness (QED) is 0.0482. The van der Waals surface area contributed by atoms with Gasteiger partial charge in [-0.1, -0.05) is 142 Å². The van der Waals surface area contributed by atoms with Crippen molar-refractivity contribution in [2.24, 2.45) is 0 Å². The predicted octanol–water partition coefficient (Wildman–Crippen LogP) is 10.1. The summed E-state index contributed by atoms with van der Waals surface area (Å²) in [6.45, 7) is 4.18. The third-order valence-electron chi connectivity index (χ3n) is 7.99. The van der Waals surface area contributed by atoms with E-state index in [1.54, 1.807) is 18.3 Å². The maximum Gasteiger partial charge on any atom is 0.339 e. The van der Waals surface area contributed by atoms with E-state index in [1.165, 1.54) is 109 Å². The highest BCUT2D eigenvalue weighted by atomic mass is 16.6. The molecule has 0 aliphatic rings. The first kappa shape index (κ1) is 39.6. The van der Waals surface area contributed by atoms with Gasteiger partial charge in [-0.15, -0.1) is 0 Å². The molecule has 0 bridgehead atoms. The maximum atomic E-state index is 12.5. The molecular weight excluding hydrogens is 554 g/mol. The predicted molar refractivity (Wildman–Crippen MR) is 178 cm³/mol. The van der Waals surface area contributed by atoms with Crippen LogP contribution >= 0.6 is 0 Å². The second kappa shape index (κ2) is 29.3. The third kappa shape index (κ3) is 23.9. The molecule has 1 unspecified atom stereocenters. The molecule has 0 spiro atoms. The molecule has 0 amide bonds. The largest absolute Gasteiger partial charge is 0.462 e. The highest BCUT2D eigenvalue weighted by molar-refractivity contribution is 5.88. The van der Waals surface area contributed by atoms with Gasteiger partial charge >= 0.3 is 17.9 Å². The number of esters is 3. The van der Waals surface area contributed by atoms with E-state index in [-0.39, 0.29) is 25.2 Å². The summed E-state index contributed by atoms with van der Waals surface area (Å²) in [5, 5.41) is 0. The zero-order valence-electron chi connectivity index (χ0n) is 28.2. The summed E-state index contributed by atoms with van der Waals surface area (Å²) in [5.74, 6) is -1.23. The summed E-state index contributed by atoms with van der Waals surface area (Å²) in [7, 11) is 0. The molecule has 44 heavy (non-hydrogen) atoms. The Morgan fingerprint density at radius 3 is 1.48 bits per heavy atom. The zero-order valence-corrected chi connectivity index (χ0v) is 28.2. The fraction of sp³-hybridized carbons (Fsp3) is 0.784. The summed E-state index contributed by atoms with van der Waals surface area (Å²) in [5.41, 5.74) is 0.312. The van der Waals surface area contributed by atoms with Gasteiger partial charge in [0.2, 0.25) is 0 Å². The van der Waals surface area contributed by atoms with Crippen molar-refractivity contribution in [3.05, 3.63) is 30.1 Å². The van der Waals surface area contributed by atoms with E-state index in [0.717, 1.165) is 38.5 Å². The van der Waals surface area contributed by atoms with Crippen LogP contribution in [0.3, 0.4) is 0 Å². The van der Waals surface area contributed by atoms with Crippen LogP contribution in [0.5, 0.6) is 0 Å². The Morgan fingerprint density at radius 2 is 1.02 bits per heavy atom. The molecule has 1 aromatic heterocycles. The number of ether oxygens (including phenoxy) is 3. The molecule has 7 heteroatoms. The first-order chi connectivity index (χ1) is 21.6. The summed E-state index contributed by atoms with van der Waals surface area (Å²) in [6.07, 6.45) is 29.4. The average Bonchev–Trinajstić information content (AvgIpc) is 3.04. The van der Waals surface area contributed by atoms with Crippen LogP contribution in [0.1, 0.15) is 178 Å². The van der Waals surface area contributed by atoms with E-state index in [0.29, 0.717) is 18.4 Å². The van der Waals surface area contributed by atoms with Crippen LogP contribution in [0, 0.1) is 0 Å². The molecule has 1 rings (SSSR count). The van der Waals surface area contributed by atoms with E-state index in [9.17, 15) is 14.4 Å². The monoisotopic (exact) mass is 617 g/mol. The number of carbonyl (C=O) groups is 3. The molecule has 0 aliphatic heterocycles. The third-order valence-corrected chi connectivity index (χ3v) is 7.99. The summed E-state index contributed by atoms with van der Waals surface area (Å²) in [6, 6.07) is 3.26. The van der Waals surface area contributed by atoms with Crippen LogP contribution < -0.4 is 0 Å². The SMILES string of the molecule is CCCCCCCCCCCCCC(=O)OCC(COC(=O)c1cccnc1)OC(=O)CCCCCCCCCCCCC. The van der Waals surface area contributed by atoms with Crippen molar-refractivity contribution in [3.63, 3.8) is 0 Å². The Morgan fingerprint density at radius 1 is 0.591 bits per heavy atom. The lowest BCUT2D eigenvalue weighted by Gasteiger charge is -2.18. The Labute approximate surface area is 268 Å². The molecule has 252 valence electrons. The minimum absolute atomic E-state index is 0.124. The number of rotatable bonds is 30. The van der Waals surface area contributed by atoms with Crippen molar-refractivity contribution in [2.75, 3.05) is 13.2 Å². The van der Waals surface area contributed by atoms with Crippen LogP contribution in [0.15, 0.2) is 24.5 Å². The van der Waals surface area contributed by atoms with Gasteiger partial charge in [0, 0.05) is 25.2 Å². The molecule has 1 aromatic rings. The highest BCUT2D eigenvalue weighted by Crippen LogP contribution is 2.14. The minimum Gasteiger partial charge on any atom is -0.462 e. The lowest BCUT2D eigenvalue weighted by Crippen LogP contribution is -2.31. The lowest BCUT2D eigenvalue weighted by atomic mass is 10.1. The Bertz CT molecular complexity index is 831. The zero-order chi connectivity index (χ0) is 31.9. The molecule has 1 atom stereocenters. The van der Waals surface area contributed by atoms with Gasteiger partial charge in [-0.3, -0.25) is 14.6 Å². The normalized spacial score (nSPS) is 11.7. The number of unbranched alkanes of at least 4 members (excludes halogenated alkanes) is 20. The van der Waals surface area contributed by atoms with Crippen LogP contribution in [-0.4, -0.2) is 42.2 Å². The van der Waals surface area contributed by atoms with Crippen molar-refractivity contribution in [2.45, 2.75) is 174 Å². The van der Waals surface area contributed by atoms with E-state index < -0.39 is 12.1 Å². The van der Waals surface area contributed by atoms with E-state index >= 15 is 0 Å². The fourth-order valence-electron chi connectivity index (χ4n) is 5.22. The Balaban J connectivity index is 2.28. The molecule has 1 heterocycles. The molecule has 7 nitrogen and oxygen atoms in total. The lowest BCUT2D eigenvalue weighted by molar-refractivity contribution is -0.161. The molecular formula is C37H63NO6. The van der Waals surface area contributed by atoms with Crippen molar-refractivity contribution < 1.29 is 28.6 Å². The van der Waals surface area contributed by atoms with Crippen LogP contribution in [0.2, 0.25) is 0 Å². The fourth-order valence-corrected chi connectivity index (χ4v) is 5.22. The number of aromatic nitrogens is 1. The van der Waals surface area contributed by atoms with Gasteiger partial charge in [-0.2, -0.15) is 0 Å². The van der Waals surface area contributed by atoms with Crippen molar-refractivity contribution >= 4 is 17.9 Å². The Kier molecular flexibility index (Phi) is 26.3. The smallest absolute Gasteiger partial charge is 0.339 e.